The number of carbonyl (C=O) groups is 2. The van der Waals surface area contributed by atoms with Gasteiger partial charge in [-0.2, -0.15) is 0 Å². The van der Waals surface area contributed by atoms with Crippen molar-refractivity contribution in [1.82, 2.24) is 0 Å². The van der Waals surface area contributed by atoms with Crippen LogP contribution in [0, 0.1) is 0 Å². The van der Waals surface area contributed by atoms with E-state index >= 15 is 4.39 Å². The molecule has 3 atom stereocenters. The van der Waals surface area contributed by atoms with Gasteiger partial charge in [0.25, 0.3) is 0 Å². The number of alkyl halides is 1. The van der Waals surface area contributed by atoms with Crippen molar-refractivity contribution in [3.63, 3.8) is 0 Å². The van der Waals surface area contributed by atoms with Crippen LogP contribution in [0.4, 0.5) is 4.39 Å². The van der Waals surface area contributed by atoms with Gasteiger partial charge < -0.3 is 9.47 Å². The van der Waals surface area contributed by atoms with E-state index in [1.165, 1.54) is 11.1 Å². The number of benzene rings is 2. The highest BCUT2D eigenvalue weighted by atomic mass is 19.1. The maximum atomic E-state index is 15.1. The predicted octanol–water partition coefficient (Wildman–Crippen LogP) is 6.61. The molecule has 3 unspecified atom stereocenters. The predicted molar refractivity (Wildman–Crippen MR) is 132 cm³/mol. The average Bonchev–Trinajstić information content (AvgIpc) is 2.82. The minimum absolute atomic E-state index is 0.150. The van der Waals surface area contributed by atoms with Gasteiger partial charge >= 0.3 is 11.9 Å². The molecule has 0 spiro atoms. The van der Waals surface area contributed by atoms with Gasteiger partial charge in [0.1, 0.15) is 11.9 Å². The number of ether oxygens (including phenoxy) is 2. The molecule has 0 saturated heterocycles. The zero-order valence-corrected chi connectivity index (χ0v) is 20.0. The fraction of sp³-hybridized carbons (Fsp3) is 0.379. The number of esters is 2. The molecule has 0 aliphatic heterocycles. The van der Waals surface area contributed by atoms with Gasteiger partial charge in [-0.25, -0.2) is 14.0 Å². The number of carbonyl (C=O) groups excluding carboxylic acids is 2. The molecule has 2 aromatic rings. The first kappa shape index (κ1) is 25.4. The van der Waals surface area contributed by atoms with E-state index in [0.29, 0.717) is 29.9 Å². The lowest BCUT2D eigenvalue weighted by molar-refractivity contribution is -0.139. The molecule has 1 fully saturated rings. The maximum Gasteiger partial charge on any atom is 0.338 e. The third-order valence-corrected chi connectivity index (χ3v) is 6.28. The van der Waals surface area contributed by atoms with Crippen LogP contribution in [0.25, 0.3) is 0 Å². The number of hydrogen-bond acceptors (Lipinski definition) is 4. The molecule has 1 aliphatic carbocycles. The van der Waals surface area contributed by atoms with Gasteiger partial charge in [-0.15, -0.1) is 0 Å². The van der Waals surface area contributed by atoms with Gasteiger partial charge in [-0.05, 0) is 80.7 Å². The molecule has 180 valence electrons. The largest absolute Gasteiger partial charge is 0.462 e. The Morgan fingerprint density at radius 1 is 0.912 bits per heavy atom. The number of hydrogen-bond donors (Lipinski definition) is 0. The summed E-state index contributed by atoms with van der Waals surface area (Å²) in [5.74, 6) is -0.325. The van der Waals surface area contributed by atoms with E-state index in [2.05, 4.69) is 37.4 Å². The second-order valence-electron chi connectivity index (χ2n) is 9.13. The quantitative estimate of drug-likeness (QED) is 0.181. The first-order valence-electron chi connectivity index (χ1n) is 11.8. The highest BCUT2D eigenvalue weighted by Crippen LogP contribution is 2.42. The monoisotopic (exact) mass is 464 g/mol. The van der Waals surface area contributed by atoms with Crippen molar-refractivity contribution in [3.8, 4) is 5.75 Å². The van der Waals surface area contributed by atoms with Crippen LogP contribution in [0.15, 0.2) is 72.8 Å². The van der Waals surface area contributed by atoms with Crippen molar-refractivity contribution in [1.29, 1.82) is 0 Å². The van der Waals surface area contributed by atoms with E-state index in [9.17, 15) is 9.59 Å². The molecule has 0 aromatic heterocycles. The molecule has 1 saturated carbocycles. The summed E-state index contributed by atoms with van der Waals surface area (Å²) in [5.41, 5.74) is 4.02. The topological polar surface area (TPSA) is 52.6 Å². The summed E-state index contributed by atoms with van der Waals surface area (Å²) in [6.45, 7) is 10.8. The van der Waals surface area contributed by atoms with Gasteiger partial charge in [0.15, 0.2) is 0 Å². The fourth-order valence-electron chi connectivity index (χ4n) is 4.29. The van der Waals surface area contributed by atoms with Gasteiger partial charge in [-0.1, -0.05) is 49.6 Å². The van der Waals surface area contributed by atoms with Gasteiger partial charge in [-0.3, -0.25) is 0 Å². The molecule has 2 aromatic carbocycles. The fourth-order valence-corrected chi connectivity index (χ4v) is 4.29. The molecule has 0 heterocycles. The third-order valence-electron chi connectivity index (χ3n) is 6.28. The summed E-state index contributed by atoms with van der Waals surface area (Å²) in [6, 6.07) is 15.5. The van der Waals surface area contributed by atoms with Gasteiger partial charge in [0.05, 0.1) is 6.61 Å². The van der Waals surface area contributed by atoms with Crippen LogP contribution >= 0.6 is 0 Å². The minimum Gasteiger partial charge on any atom is -0.462 e. The Balaban J connectivity index is 1.50. The molecule has 3 rings (SSSR count). The average molecular weight is 465 g/mol. The van der Waals surface area contributed by atoms with E-state index in [1.54, 1.807) is 26.0 Å². The Hall–Kier alpha value is -3.21. The SMILES string of the molecule is C=C(C)C(=O)OCCCc1ccc(C2CCC(c3ccc(OC(=O)C(=C)C)cc3)C(F)C2)cc1. The Morgan fingerprint density at radius 2 is 1.53 bits per heavy atom. The van der Waals surface area contributed by atoms with Crippen LogP contribution in [0.3, 0.4) is 0 Å². The molecular formula is C29H33FO4. The zero-order chi connectivity index (χ0) is 24.7. The Morgan fingerprint density at radius 3 is 2.12 bits per heavy atom. The smallest absolute Gasteiger partial charge is 0.338 e. The van der Waals surface area contributed by atoms with Crippen LogP contribution in [0.2, 0.25) is 0 Å². The molecule has 4 nitrogen and oxygen atoms in total. The van der Waals surface area contributed by atoms with Crippen molar-refractivity contribution in [2.75, 3.05) is 6.61 Å². The van der Waals surface area contributed by atoms with Crippen molar-refractivity contribution in [2.45, 2.75) is 64.0 Å². The standard InChI is InChI=1S/C29H33FO4/c1-19(2)28(31)33-17-5-6-21-7-9-22(10-8-21)24-13-16-26(27(30)18-24)23-11-14-25(15-12-23)34-29(32)20(3)4/h7-12,14-15,24,26-27H,1,3,5-6,13,16-18H2,2,4H3. The maximum absolute atomic E-state index is 15.1. The number of rotatable bonds is 9. The molecular weight excluding hydrogens is 431 g/mol. The lowest BCUT2D eigenvalue weighted by atomic mass is 9.75. The first-order chi connectivity index (χ1) is 16.2. The van der Waals surface area contributed by atoms with Crippen molar-refractivity contribution >= 4 is 11.9 Å². The normalized spacial score (nSPS) is 19.8. The Bertz CT molecular complexity index is 1020. The summed E-state index contributed by atoms with van der Waals surface area (Å²) in [6.07, 6.45) is 2.83. The van der Waals surface area contributed by atoms with Crippen LogP contribution < -0.4 is 4.74 Å². The van der Waals surface area contributed by atoms with E-state index in [1.807, 2.05) is 12.1 Å². The highest BCUT2D eigenvalue weighted by Gasteiger charge is 2.32. The van der Waals surface area contributed by atoms with E-state index < -0.39 is 12.1 Å². The second kappa shape index (κ2) is 11.8. The molecule has 34 heavy (non-hydrogen) atoms. The van der Waals surface area contributed by atoms with Crippen molar-refractivity contribution in [2.24, 2.45) is 0 Å². The molecule has 0 radical (unpaired) electrons. The Kier molecular flexibility index (Phi) is 8.80. The van der Waals surface area contributed by atoms with Gasteiger partial charge in [0, 0.05) is 17.1 Å². The number of halogens is 1. The summed E-state index contributed by atoms with van der Waals surface area (Å²) < 4.78 is 25.5. The highest BCUT2D eigenvalue weighted by molar-refractivity contribution is 5.88. The molecule has 0 bridgehead atoms. The second-order valence-corrected chi connectivity index (χ2v) is 9.13. The first-order valence-corrected chi connectivity index (χ1v) is 11.8. The van der Waals surface area contributed by atoms with E-state index in [0.717, 1.165) is 31.2 Å². The van der Waals surface area contributed by atoms with Crippen LogP contribution in [-0.2, 0) is 20.7 Å². The summed E-state index contributed by atoms with van der Waals surface area (Å²) in [5, 5.41) is 0. The lowest BCUT2D eigenvalue weighted by Crippen LogP contribution is -2.23. The minimum atomic E-state index is -0.926. The third kappa shape index (κ3) is 6.89. The van der Waals surface area contributed by atoms with Crippen LogP contribution in [0.5, 0.6) is 5.75 Å². The molecule has 0 N–H and O–H groups in total. The van der Waals surface area contributed by atoms with Crippen LogP contribution in [-0.4, -0.2) is 24.7 Å². The molecule has 5 heteroatoms. The van der Waals surface area contributed by atoms with Crippen LogP contribution in [0.1, 0.15) is 68.1 Å². The van der Waals surface area contributed by atoms with E-state index in [4.69, 9.17) is 9.47 Å². The van der Waals surface area contributed by atoms with Crippen molar-refractivity contribution < 1.29 is 23.5 Å². The van der Waals surface area contributed by atoms with Gasteiger partial charge in [0.2, 0.25) is 0 Å². The van der Waals surface area contributed by atoms with E-state index in [-0.39, 0.29) is 17.8 Å². The summed E-state index contributed by atoms with van der Waals surface area (Å²) in [7, 11) is 0. The van der Waals surface area contributed by atoms with Crippen molar-refractivity contribution in [3.05, 3.63) is 89.5 Å². The summed E-state index contributed by atoms with van der Waals surface area (Å²) in [4.78, 5) is 23.1. The zero-order valence-electron chi connectivity index (χ0n) is 20.0. The molecule has 0 amide bonds. The lowest BCUT2D eigenvalue weighted by Gasteiger charge is -2.32. The number of aryl methyl sites for hydroxylation is 1. The molecule has 1 aliphatic rings. The summed E-state index contributed by atoms with van der Waals surface area (Å²) >= 11 is 0. The Labute approximate surface area is 201 Å².